The molecule has 0 saturated carbocycles. The molecule has 6 heteroatoms. The Balaban J connectivity index is 0.000000823. The summed E-state index contributed by atoms with van der Waals surface area (Å²) in [6.45, 7) is 27.2. The summed E-state index contributed by atoms with van der Waals surface area (Å²) >= 11 is 0. The first-order chi connectivity index (χ1) is 19.4. The molecular formula is C38H62O6. The Morgan fingerprint density at radius 1 is 0.591 bits per heavy atom. The van der Waals surface area contributed by atoms with Crippen molar-refractivity contribution in [2.24, 2.45) is 0 Å². The molecule has 0 spiro atoms. The first-order valence-corrected chi connectivity index (χ1v) is 15.4. The second-order valence-corrected chi connectivity index (χ2v) is 15.5. The second-order valence-electron chi connectivity index (χ2n) is 15.5. The number of rotatable bonds is 7. The highest BCUT2D eigenvalue weighted by Crippen LogP contribution is 2.41. The number of hydrogen-bond donors (Lipinski definition) is 2. The van der Waals surface area contributed by atoms with E-state index in [1.807, 2.05) is 31.2 Å². The molecule has 0 fully saturated rings. The topological polar surface area (TPSA) is 93.1 Å². The lowest BCUT2D eigenvalue weighted by atomic mass is 9.78. The Labute approximate surface area is 268 Å². The van der Waals surface area contributed by atoms with E-state index in [-0.39, 0.29) is 41.0 Å². The maximum atomic E-state index is 11.6. The van der Waals surface area contributed by atoms with Gasteiger partial charge in [0.05, 0.1) is 13.7 Å². The van der Waals surface area contributed by atoms with Crippen LogP contribution < -0.4 is 0 Å². The Bertz CT molecular complexity index is 1170. The van der Waals surface area contributed by atoms with E-state index in [1.165, 1.54) is 7.11 Å². The van der Waals surface area contributed by atoms with Gasteiger partial charge in [-0.3, -0.25) is 9.59 Å². The zero-order chi connectivity index (χ0) is 33.6. The van der Waals surface area contributed by atoms with Gasteiger partial charge in [-0.2, -0.15) is 0 Å². The number of esters is 2. The maximum Gasteiger partial charge on any atom is 0.306 e. The number of hydrogen-bond acceptors (Lipinski definition) is 6. The second kappa shape index (κ2) is 15.8. The van der Waals surface area contributed by atoms with Crippen molar-refractivity contribution in [3.63, 3.8) is 0 Å². The molecule has 2 aromatic carbocycles. The molecule has 0 saturated heterocycles. The molecule has 0 aliphatic rings. The van der Waals surface area contributed by atoms with Gasteiger partial charge in [-0.05, 0) is 74.8 Å². The van der Waals surface area contributed by atoms with Gasteiger partial charge < -0.3 is 19.7 Å². The molecule has 0 bridgehead atoms. The predicted octanol–water partition coefficient (Wildman–Crippen LogP) is 9.21. The molecule has 44 heavy (non-hydrogen) atoms. The summed E-state index contributed by atoms with van der Waals surface area (Å²) in [5, 5.41) is 21.3. The first kappa shape index (κ1) is 41.0. The number of carbonyl (C=O) groups excluding carboxylic acids is 2. The lowest BCUT2D eigenvalue weighted by Crippen LogP contribution is -2.18. The average Bonchev–Trinajstić information content (AvgIpc) is 2.85. The van der Waals surface area contributed by atoms with Crippen LogP contribution in [0.2, 0.25) is 0 Å². The molecule has 0 atom stereocenters. The Morgan fingerprint density at radius 3 is 1.09 bits per heavy atom. The van der Waals surface area contributed by atoms with Crippen molar-refractivity contribution in [2.45, 2.75) is 145 Å². The molecule has 0 aliphatic heterocycles. The molecule has 0 radical (unpaired) electrons. The van der Waals surface area contributed by atoms with Crippen LogP contribution in [0.5, 0.6) is 11.5 Å². The van der Waals surface area contributed by atoms with Gasteiger partial charge >= 0.3 is 11.9 Å². The number of benzene rings is 2. The third-order valence-corrected chi connectivity index (χ3v) is 7.34. The average molecular weight is 615 g/mol. The van der Waals surface area contributed by atoms with Crippen molar-refractivity contribution in [2.75, 3.05) is 13.7 Å². The van der Waals surface area contributed by atoms with Crippen LogP contribution in [0, 0.1) is 0 Å². The molecule has 0 aromatic heterocycles. The molecule has 0 amide bonds. The van der Waals surface area contributed by atoms with E-state index in [0.717, 1.165) is 33.4 Å². The Kier molecular flexibility index (Phi) is 14.7. The van der Waals surface area contributed by atoms with Crippen molar-refractivity contribution in [3.05, 3.63) is 57.6 Å². The third-order valence-electron chi connectivity index (χ3n) is 7.34. The van der Waals surface area contributed by atoms with Gasteiger partial charge in [0.2, 0.25) is 0 Å². The summed E-state index contributed by atoms with van der Waals surface area (Å²) in [4.78, 5) is 22.9. The summed E-state index contributed by atoms with van der Waals surface area (Å²) in [5.74, 6) is 0.361. The van der Waals surface area contributed by atoms with Crippen LogP contribution in [0.3, 0.4) is 0 Å². The summed E-state index contributed by atoms with van der Waals surface area (Å²) in [6.07, 6.45) is 1.98. The number of aromatic hydroxyl groups is 2. The van der Waals surface area contributed by atoms with Crippen LogP contribution in [0.15, 0.2) is 24.3 Å². The summed E-state index contributed by atoms with van der Waals surface area (Å²) in [5.41, 5.74) is 5.25. The van der Waals surface area contributed by atoms with Crippen molar-refractivity contribution in [1.82, 2.24) is 0 Å². The summed E-state index contributed by atoms with van der Waals surface area (Å²) < 4.78 is 9.70. The van der Waals surface area contributed by atoms with Crippen molar-refractivity contribution in [1.29, 1.82) is 0 Å². The lowest BCUT2D eigenvalue weighted by Gasteiger charge is -2.28. The molecular weight excluding hydrogens is 552 g/mol. The number of aryl methyl sites for hydroxylation is 2. The van der Waals surface area contributed by atoms with E-state index in [1.54, 1.807) is 0 Å². The van der Waals surface area contributed by atoms with Gasteiger partial charge in [-0.15, -0.1) is 0 Å². The minimum absolute atomic E-state index is 0. The zero-order valence-corrected chi connectivity index (χ0v) is 29.4. The number of phenols is 2. The van der Waals surface area contributed by atoms with Crippen molar-refractivity contribution >= 4 is 11.9 Å². The van der Waals surface area contributed by atoms with Gasteiger partial charge in [-0.25, -0.2) is 0 Å². The molecule has 6 nitrogen and oxygen atoms in total. The van der Waals surface area contributed by atoms with Crippen molar-refractivity contribution in [3.8, 4) is 11.5 Å². The van der Waals surface area contributed by atoms with E-state index in [4.69, 9.17) is 9.47 Å². The molecule has 0 aliphatic carbocycles. The Morgan fingerprint density at radius 2 is 0.864 bits per heavy atom. The molecule has 2 aromatic rings. The highest BCUT2D eigenvalue weighted by atomic mass is 16.5. The monoisotopic (exact) mass is 614 g/mol. The van der Waals surface area contributed by atoms with Gasteiger partial charge in [-0.1, -0.05) is 115 Å². The highest BCUT2D eigenvalue weighted by Gasteiger charge is 2.28. The predicted molar refractivity (Wildman–Crippen MR) is 183 cm³/mol. The van der Waals surface area contributed by atoms with Crippen LogP contribution in [0.1, 0.15) is 144 Å². The highest BCUT2D eigenvalue weighted by molar-refractivity contribution is 5.70. The Hall–Kier alpha value is -3.02. The van der Waals surface area contributed by atoms with Gasteiger partial charge in [0.25, 0.3) is 0 Å². The molecule has 250 valence electrons. The number of carbonyl (C=O) groups is 2. The summed E-state index contributed by atoms with van der Waals surface area (Å²) in [6, 6.07) is 8.05. The normalized spacial score (nSPS) is 12.0. The fourth-order valence-electron chi connectivity index (χ4n) is 4.79. The fraction of sp³-hybridized carbons (Fsp3) is 0.632. The van der Waals surface area contributed by atoms with E-state index in [9.17, 15) is 19.8 Å². The van der Waals surface area contributed by atoms with Crippen LogP contribution in [0.25, 0.3) is 0 Å². The maximum absolute atomic E-state index is 11.6. The van der Waals surface area contributed by atoms with Crippen molar-refractivity contribution < 1.29 is 29.3 Å². The number of phenolic OH excluding ortho intramolecular Hbond substituents is 2. The van der Waals surface area contributed by atoms with Gasteiger partial charge in [0.15, 0.2) is 0 Å². The van der Waals surface area contributed by atoms with E-state index < -0.39 is 0 Å². The SMILES string of the molecule is C.CCOC(=O)CCc1cc(C(C)(C)C)c(O)c(C(C)(C)C)c1.COC(=O)CCc1cc(C(C)(C)C)c(O)c(C(C)(C)C)c1. The smallest absolute Gasteiger partial charge is 0.306 e. The van der Waals surface area contributed by atoms with Crippen LogP contribution in [-0.4, -0.2) is 35.9 Å². The minimum Gasteiger partial charge on any atom is -0.507 e. The van der Waals surface area contributed by atoms with Gasteiger partial charge in [0, 0.05) is 12.8 Å². The van der Waals surface area contributed by atoms with Gasteiger partial charge in [0.1, 0.15) is 11.5 Å². The zero-order valence-electron chi connectivity index (χ0n) is 29.4. The minimum atomic E-state index is -0.210. The standard InChI is InChI=1S/C19H30O3.C18H28O3.CH4/c1-8-22-16(20)10-9-13-11-14(18(2,3)4)17(21)15(12-13)19(5,6)7;1-17(2,3)13-10-12(8-9-15(19)21-7)11-14(16(13)20)18(4,5)6;/h11-12,21H,8-10H2,1-7H3;10-11,20H,8-9H2,1-7H3;1H4. The quantitative estimate of drug-likeness (QED) is 0.302. The van der Waals surface area contributed by atoms with Crippen LogP contribution >= 0.6 is 0 Å². The van der Waals surface area contributed by atoms with E-state index >= 15 is 0 Å². The molecule has 0 unspecified atom stereocenters. The lowest BCUT2D eigenvalue weighted by molar-refractivity contribution is -0.143. The van der Waals surface area contributed by atoms with E-state index in [2.05, 4.69) is 83.1 Å². The third kappa shape index (κ3) is 12.2. The fourth-order valence-corrected chi connectivity index (χ4v) is 4.79. The van der Waals surface area contributed by atoms with E-state index in [0.29, 0.717) is 43.8 Å². The molecule has 0 heterocycles. The van der Waals surface area contributed by atoms with Crippen LogP contribution in [-0.2, 0) is 53.6 Å². The van der Waals surface area contributed by atoms with Crippen LogP contribution in [0.4, 0.5) is 0 Å². The summed E-state index contributed by atoms with van der Waals surface area (Å²) in [7, 11) is 1.40. The number of methoxy groups -OCH3 is 1. The number of ether oxygens (including phenoxy) is 2. The largest absolute Gasteiger partial charge is 0.507 e. The first-order valence-electron chi connectivity index (χ1n) is 15.4. The molecule has 2 rings (SSSR count). The molecule has 2 N–H and O–H groups in total.